The van der Waals surface area contributed by atoms with E-state index in [4.69, 9.17) is 4.74 Å². The third-order valence-electron chi connectivity index (χ3n) is 5.76. The Bertz CT molecular complexity index is 1040. The third-order valence-corrected chi connectivity index (χ3v) is 6.89. The van der Waals surface area contributed by atoms with Crippen molar-refractivity contribution >= 4 is 21.6 Å². The molecule has 0 fully saturated rings. The zero-order chi connectivity index (χ0) is 19.9. The molecule has 3 aromatic rings. The van der Waals surface area contributed by atoms with Crippen molar-refractivity contribution in [3.8, 4) is 5.75 Å². The van der Waals surface area contributed by atoms with Crippen molar-refractivity contribution in [2.45, 2.75) is 53.5 Å². The number of benzene rings is 1. The lowest BCUT2D eigenvalue weighted by Gasteiger charge is -2.33. The van der Waals surface area contributed by atoms with Crippen LogP contribution in [0.4, 0.5) is 0 Å². The van der Waals surface area contributed by atoms with Crippen LogP contribution in [0.1, 0.15) is 43.2 Å². The van der Waals surface area contributed by atoms with E-state index < -0.39 is 0 Å². The van der Waals surface area contributed by atoms with Crippen LogP contribution in [0, 0.1) is 18.3 Å². The quantitative estimate of drug-likeness (QED) is 0.655. The van der Waals surface area contributed by atoms with E-state index in [1.165, 1.54) is 20.7 Å². The molecule has 148 valence electrons. The summed E-state index contributed by atoms with van der Waals surface area (Å²) >= 11 is 1.65. The van der Waals surface area contributed by atoms with E-state index in [9.17, 15) is 4.79 Å². The van der Waals surface area contributed by atoms with Crippen LogP contribution in [0.5, 0.6) is 5.75 Å². The molecule has 1 atom stereocenters. The number of ether oxygens (including phenoxy) is 1. The molecule has 5 nitrogen and oxygen atoms in total. The summed E-state index contributed by atoms with van der Waals surface area (Å²) in [5.41, 5.74) is 2.64. The average molecular weight is 398 g/mol. The number of hydrogen-bond donors (Lipinski definition) is 0. The van der Waals surface area contributed by atoms with Crippen LogP contribution in [-0.2, 0) is 19.4 Å². The van der Waals surface area contributed by atoms with E-state index in [2.05, 4.69) is 31.1 Å². The molecular formula is C22H27N3O2S. The first kappa shape index (κ1) is 19.1. The highest BCUT2D eigenvalue weighted by molar-refractivity contribution is 7.18. The minimum absolute atomic E-state index is 0.0378. The summed E-state index contributed by atoms with van der Waals surface area (Å²) in [6, 6.07) is 7.90. The Kier molecular flexibility index (Phi) is 5.00. The first-order valence-electron chi connectivity index (χ1n) is 9.90. The second kappa shape index (κ2) is 7.32. The van der Waals surface area contributed by atoms with Gasteiger partial charge in [0.2, 0.25) is 0 Å². The molecule has 0 radical (unpaired) electrons. The van der Waals surface area contributed by atoms with Crippen LogP contribution in [0.25, 0.3) is 10.2 Å². The lowest BCUT2D eigenvalue weighted by atomic mass is 9.72. The molecule has 28 heavy (non-hydrogen) atoms. The monoisotopic (exact) mass is 397 g/mol. The van der Waals surface area contributed by atoms with Gasteiger partial charge in [0.05, 0.1) is 11.9 Å². The highest BCUT2D eigenvalue weighted by Gasteiger charge is 2.31. The number of hydrogen-bond acceptors (Lipinski definition) is 5. The molecule has 0 saturated carbocycles. The zero-order valence-electron chi connectivity index (χ0n) is 17.0. The van der Waals surface area contributed by atoms with Gasteiger partial charge < -0.3 is 4.74 Å². The summed E-state index contributed by atoms with van der Waals surface area (Å²) in [6.45, 7) is 9.73. The van der Waals surface area contributed by atoms with Gasteiger partial charge in [-0.15, -0.1) is 16.4 Å². The molecule has 0 saturated heterocycles. The number of aromatic nitrogens is 3. The Morgan fingerprint density at radius 2 is 2.00 bits per heavy atom. The molecule has 0 bridgehead atoms. The highest BCUT2D eigenvalue weighted by atomic mass is 32.1. The van der Waals surface area contributed by atoms with E-state index in [1.807, 2.05) is 31.2 Å². The van der Waals surface area contributed by atoms with Gasteiger partial charge in [0, 0.05) is 4.88 Å². The number of aryl methyl sites for hydroxylation is 2. The lowest BCUT2D eigenvalue weighted by molar-refractivity contribution is 0.218. The van der Waals surface area contributed by atoms with Crippen molar-refractivity contribution in [3.05, 3.63) is 50.6 Å². The minimum atomic E-state index is -0.0378. The van der Waals surface area contributed by atoms with Crippen LogP contribution >= 0.6 is 11.3 Å². The van der Waals surface area contributed by atoms with Crippen LogP contribution < -0.4 is 10.3 Å². The fourth-order valence-corrected chi connectivity index (χ4v) is 5.13. The molecule has 2 heterocycles. The first-order valence-corrected chi connectivity index (χ1v) is 10.7. The summed E-state index contributed by atoms with van der Waals surface area (Å²) in [5.74, 6) is 1.44. The Hall–Kier alpha value is -2.21. The minimum Gasteiger partial charge on any atom is -0.492 e. The molecule has 0 amide bonds. The molecule has 1 aliphatic rings. The molecule has 1 unspecified atom stereocenters. The molecule has 4 rings (SSSR count). The lowest BCUT2D eigenvalue weighted by Crippen LogP contribution is -2.28. The highest BCUT2D eigenvalue weighted by Crippen LogP contribution is 2.41. The molecule has 0 spiro atoms. The summed E-state index contributed by atoms with van der Waals surface area (Å²) < 4.78 is 7.20. The Balaban J connectivity index is 1.54. The van der Waals surface area contributed by atoms with Gasteiger partial charge in [-0.05, 0) is 55.2 Å². The van der Waals surface area contributed by atoms with Crippen molar-refractivity contribution < 1.29 is 4.74 Å². The van der Waals surface area contributed by atoms with Crippen molar-refractivity contribution in [3.63, 3.8) is 0 Å². The van der Waals surface area contributed by atoms with Gasteiger partial charge >= 0.3 is 0 Å². The van der Waals surface area contributed by atoms with Gasteiger partial charge in [-0.3, -0.25) is 4.79 Å². The Morgan fingerprint density at radius 1 is 1.25 bits per heavy atom. The molecule has 2 aromatic heterocycles. The topological polar surface area (TPSA) is 57.0 Å². The normalized spacial score (nSPS) is 16.9. The van der Waals surface area contributed by atoms with Crippen LogP contribution in [0.3, 0.4) is 0 Å². The SMILES string of the molecule is Cc1ccc(OCCn2nnc3sc4c(c3c2=O)CCC(C(C)(C)C)C4)cc1. The number of fused-ring (bicyclic) bond motifs is 3. The summed E-state index contributed by atoms with van der Waals surface area (Å²) in [5, 5.41) is 9.27. The van der Waals surface area contributed by atoms with Gasteiger partial charge in [-0.25, -0.2) is 4.68 Å². The maximum Gasteiger partial charge on any atom is 0.278 e. The molecule has 6 heteroatoms. The fraction of sp³-hybridized carbons (Fsp3) is 0.500. The molecule has 0 aliphatic heterocycles. The molecule has 1 aliphatic carbocycles. The smallest absolute Gasteiger partial charge is 0.278 e. The second-order valence-corrected chi connectivity index (χ2v) is 9.85. The van der Waals surface area contributed by atoms with Crippen molar-refractivity contribution in [2.24, 2.45) is 11.3 Å². The fourth-order valence-electron chi connectivity index (χ4n) is 3.90. The standard InChI is InChI=1S/C22H27N3O2S/c1-14-5-8-16(9-6-14)27-12-11-25-21(26)19-17-10-7-15(22(2,3)4)13-18(17)28-20(19)23-24-25/h5-6,8-9,15H,7,10-13H2,1-4H3. The maximum atomic E-state index is 13.0. The van der Waals surface area contributed by atoms with E-state index in [-0.39, 0.29) is 11.0 Å². The summed E-state index contributed by atoms with van der Waals surface area (Å²) in [6.07, 6.45) is 3.12. The predicted octanol–water partition coefficient (Wildman–Crippen LogP) is 4.39. The predicted molar refractivity (Wildman–Crippen MR) is 113 cm³/mol. The van der Waals surface area contributed by atoms with Gasteiger partial charge in [0.15, 0.2) is 4.83 Å². The largest absolute Gasteiger partial charge is 0.492 e. The van der Waals surface area contributed by atoms with Crippen molar-refractivity contribution in [2.75, 3.05) is 6.61 Å². The Morgan fingerprint density at radius 3 is 2.71 bits per heavy atom. The first-order chi connectivity index (χ1) is 13.3. The average Bonchev–Trinajstić information content (AvgIpc) is 3.03. The Labute approximate surface area is 169 Å². The third kappa shape index (κ3) is 3.70. The molecule has 1 aromatic carbocycles. The van der Waals surface area contributed by atoms with Crippen LogP contribution in [0.2, 0.25) is 0 Å². The van der Waals surface area contributed by atoms with Gasteiger partial charge in [-0.1, -0.05) is 43.7 Å². The molecule has 0 N–H and O–H groups in total. The van der Waals surface area contributed by atoms with Crippen LogP contribution in [-0.4, -0.2) is 21.6 Å². The van der Waals surface area contributed by atoms with E-state index in [0.717, 1.165) is 35.2 Å². The summed E-state index contributed by atoms with van der Waals surface area (Å²) in [4.78, 5) is 15.1. The maximum absolute atomic E-state index is 13.0. The number of thiophene rings is 1. The van der Waals surface area contributed by atoms with Crippen molar-refractivity contribution in [1.29, 1.82) is 0 Å². The molecular weight excluding hydrogens is 370 g/mol. The summed E-state index contributed by atoms with van der Waals surface area (Å²) in [7, 11) is 0. The second-order valence-electron chi connectivity index (χ2n) is 8.77. The zero-order valence-corrected chi connectivity index (χ0v) is 17.8. The number of rotatable bonds is 4. The van der Waals surface area contributed by atoms with E-state index >= 15 is 0 Å². The number of nitrogens with zero attached hydrogens (tertiary/aromatic N) is 3. The van der Waals surface area contributed by atoms with Crippen molar-refractivity contribution in [1.82, 2.24) is 15.0 Å². The van der Waals surface area contributed by atoms with Gasteiger partial charge in [0.25, 0.3) is 5.56 Å². The van der Waals surface area contributed by atoms with E-state index in [0.29, 0.717) is 19.1 Å². The van der Waals surface area contributed by atoms with Gasteiger partial charge in [-0.2, -0.15) is 0 Å². The van der Waals surface area contributed by atoms with Gasteiger partial charge in [0.1, 0.15) is 12.4 Å². The van der Waals surface area contributed by atoms with E-state index in [1.54, 1.807) is 11.3 Å². The van der Waals surface area contributed by atoms with Crippen LogP contribution in [0.15, 0.2) is 29.1 Å².